The predicted octanol–water partition coefficient (Wildman–Crippen LogP) is 2.33. The highest BCUT2D eigenvalue weighted by molar-refractivity contribution is 5.60. The molecule has 0 aliphatic rings. The van der Waals surface area contributed by atoms with E-state index in [1.54, 1.807) is 13.3 Å². The Labute approximate surface area is 107 Å². The summed E-state index contributed by atoms with van der Waals surface area (Å²) in [6.45, 7) is 0.675. The van der Waals surface area contributed by atoms with Crippen LogP contribution in [0.3, 0.4) is 0 Å². The summed E-state index contributed by atoms with van der Waals surface area (Å²) in [5.74, 6) is 0.597. The Kier molecular flexibility index (Phi) is 4.15. The third-order valence-corrected chi connectivity index (χ3v) is 2.62. The molecule has 2 aromatic rings. The number of methoxy groups -OCH3 is 1. The first-order valence-corrected chi connectivity index (χ1v) is 5.88. The molecule has 2 rings (SSSR count). The number of pyridine rings is 1. The SMILES string of the molecule is COc1cc(Nc2ccc(CCN)cc2)ccn1. The van der Waals surface area contributed by atoms with Gasteiger partial charge < -0.3 is 15.8 Å². The van der Waals surface area contributed by atoms with Crippen LogP contribution < -0.4 is 15.8 Å². The molecule has 0 radical (unpaired) electrons. The monoisotopic (exact) mass is 243 g/mol. The number of hydrogen-bond donors (Lipinski definition) is 2. The van der Waals surface area contributed by atoms with Crippen LogP contribution in [0.4, 0.5) is 11.4 Å². The molecule has 18 heavy (non-hydrogen) atoms. The zero-order valence-corrected chi connectivity index (χ0v) is 10.4. The van der Waals surface area contributed by atoms with Crippen LogP contribution in [0.5, 0.6) is 5.88 Å². The highest BCUT2D eigenvalue weighted by Crippen LogP contribution is 2.19. The highest BCUT2D eigenvalue weighted by Gasteiger charge is 1.98. The molecule has 1 heterocycles. The summed E-state index contributed by atoms with van der Waals surface area (Å²) in [6.07, 6.45) is 2.62. The number of hydrogen-bond acceptors (Lipinski definition) is 4. The van der Waals surface area contributed by atoms with Crippen molar-refractivity contribution in [3.8, 4) is 5.88 Å². The van der Waals surface area contributed by atoms with Crippen molar-refractivity contribution in [2.45, 2.75) is 6.42 Å². The van der Waals surface area contributed by atoms with Crippen molar-refractivity contribution in [3.63, 3.8) is 0 Å². The fourth-order valence-electron chi connectivity index (χ4n) is 1.69. The normalized spacial score (nSPS) is 10.1. The third-order valence-electron chi connectivity index (χ3n) is 2.62. The minimum atomic E-state index is 0.597. The van der Waals surface area contributed by atoms with Crippen molar-refractivity contribution in [3.05, 3.63) is 48.2 Å². The van der Waals surface area contributed by atoms with Crippen molar-refractivity contribution in [2.24, 2.45) is 5.73 Å². The van der Waals surface area contributed by atoms with E-state index < -0.39 is 0 Å². The quantitative estimate of drug-likeness (QED) is 0.846. The number of aromatic nitrogens is 1. The van der Waals surface area contributed by atoms with Crippen molar-refractivity contribution in [1.82, 2.24) is 4.98 Å². The first-order chi connectivity index (χ1) is 8.81. The van der Waals surface area contributed by atoms with E-state index in [2.05, 4.69) is 22.4 Å². The van der Waals surface area contributed by atoms with Gasteiger partial charge in [0.2, 0.25) is 5.88 Å². The van der Waals surface area contributed by atoms with Gasteiger partial charge in [-0.2, -0.15) is 0 Å². The Balaban J connectivity index is 2.08. The van der Waals surface area contributed by atoms with Gasteiger partial charge in [-0.3, -0.25) is 0 Å². The number of nitrogens with one attached hydrogen (secondary N) is 1. The smallest absolute Gasteiger partial charge is 0.214 e. The van der Waals surface area contributed by atoms with Crippen molar-refractivity contribution >= 4 is 11.4 Å². The molecule has 1 aromatic carbocycles. The summed E-state index contributed by atoms with van der Waals surface area (Å²) in [7, 11) is 1.60. The molecule has 4 heteroatoms. The molecule has 0 spiro atoms. The van der Waals surface area contributed by atoms with Crippen LogP contribution in [0.1, 0.15) is 5.56 Å². The Morgan fingerprint density at radius 3 is 2.61 bits per heavy atom. The molecule has 0 aliphatic heterocycles. The van der Waals surface area contributed by atoms with Crippen LogP contribution in [0, 0.1) is 0 Å². The van der Waals surface area contributed by atoms with E-state index in [9.17, 15) is 0 Å². The second-order valence-electron chi connectivity index (χ2n) is 3.95. The van der Waals surface area contributed by atoms with Crippen LogP contribution in [0.25, 0.3) is 0 Å². The van der Waals surface area contributed by atoms with Crippen LogP contribution in [-0.2, 0) is 6.42 Å². The Bertz CT molecular complexity index is 497. The van der Waals surface area contributed by atoms with Gasteiger partial charge in [-0.15, -0.1) is 0 Å². The minimum absolute atomic E-state index is 0.597. The predicted molar refractivity (Wildman–Crippen MR) is 73.3 cm³/mol. The molecule has 0 saturated carbocycles. The Morgan fingerprint density at radius 1 is 1.17 bits per heavy atom. The molecular weight excluding hydrogens is 226 g/mol. The van der Waals surface area contributed by atoms with E-state index in [1.807, 2.05) is 24.3 Å². The van der Waals surface area contributed by atoms with Crippen LogP contribution >= 0.6 is 0 Å². The molecule has 0 unspecified atom stereocenters. The largest absolute Gasteiger partial charge is 0.481 e. The highest BCUT2D eigenvalue weighted by atomic mass is 16.5. The first-order valence-electron chi connectivity index (χ1n) is 5.88. The van der Waals surface area contributed by atoms with Gasteiger partial charge >= 0.3 is 0 Å². The van der Waals surface area contributed by atoms with Gasteiger partial charge in [0, 0.05) is 23.6 Å². The molecule has 0 bridgehead atoms. The second-order valence-corrected chi connectivity index (χ2v) is 3.95. The fraction of sp³-hybridized carbons (Fsp3) is 0.214. The number of nitrogens with zero attached hydrogens (tertiary/aromatic N) is 1. The second kappa shape index (κ2) is 6.02. The molecule has 94 valence electrons. The number of anilines is 2. The summed E-state index contributed by atoms with van der Waals surface area (Å²) in [5, 5.41) is 3.30. The topological polar surface area (TPSA) is 60.2 Å². The van der Waals surface area contributed by atoms with Gasteiger partial charge in [-0.25, -0.2) is 4.98 Å². The third kappa shape index (κ3) is 3.21. The van der Waals surface area contributed by atoms with Crippen molar-refractivity contribution in [2.75, 3.05) is 19.0 Å². The van der Waals surface area contributed by atoms with E-state index in [0.717, 1.165) is 17.8 Å². The molecule has 0 amide bonds. The summed E-state index contributed by atoms with van der Waals surface area (Å²) in [5.41, 5.74) is 8.75. The first kappa shape index (κ1) is 12.4. The minimum Gasteiger partial charge on any atom is -0.481 e. The average Bonchev–Trinajstić information content (AvgIpc) is 2.42. The maximum absolute atomic E-state index is 5.52. The molecule has 1 aromatic heterocycles. The van der Waals surface area contributed by atoms with E-state index in [4.69, 9.17) is 10.5 Å². The van der Waals surface area contributed by atoms with Crippen LogP contribution in [0.15, 0.2) is 42.6 Å². The zero-order valence-electron chi connectivity index (χ0n) is 10.4. The van der Waals surface area contributed by atoms with Gasteiger partial charge in [0.1, 0.15) is 0 Å². The van der Waals surface area contributed by atoms with E-state index in [0.29, 0.717) is 12.4 Å². The lowest BCUT2D eigenvalue weighted by molar-refractivity contribution is 0.398. The summed E-state index contributed by atoms with van der Waals surface area (Å²) < 4.78 is 5.08. The lowest BCUT2D eigenvalue weighted by atomic mass is 10.1. The van der Waals surface area contributed by atoms with Gasteiger partial charge in [-0.1, -0.05) is 12.1 Å². The van der Waals surface area contributed by atoms with Gasteiger partial charge in [0.15, 0.2) is 0 Å². The molecule has 3 N–H and O–H groups in total. The van der Waals surface area contributed by atoms with E-state index in [-0.39, 0.29) is 0 Å². The Hall–Kier alpha value is -2.07. The summed E-state index contributed by atoms with van der Waals surface area (Å²) in [6, 6.07) is 12.0. The number of rotatable bonds is 5. The summed E-state index contributed by atoms with van der Waals surface area (Å²) >= 11 is 0. The fourth-order valence-corrected chi connectivity index (χ4v) is 1.69. The molecule has 0 fully saturated rings. The number of ether oxygens (including phenoxy) is 1. The van der Waals surface area contributed by atoms with Gasteiger partial charge in [0.05, 0.1) is 7.11 Å². The van der Waals surface area contributed by atoms with Crippen molar-refractivity contribution in [1.29, 1.82) is 0 Å². The molecule has 4 nitrogen and oxygen atoms in total. The standard InChI is InChI=1S/C14H17N3O/c1-18-14-10-13(7-9-16-14)17-12-4-2-11(3-5-12)6-8-15/h2-5,7,9-10H,6,8,15H2,1H3,(H,16,17). The Morgan fingerprint density at radius 2 is 1.94 bits per heavy atom. The average molecular weight is 243 g/mol. The van der Waals surface area contributed by atoms with Crippen molar-refractivity contribution < 1.29 is 4.74 Å². The van der Waals surface area contributed by atoms with E-state index >= 15 is 0 Å². The number of nitrogens with two attached hydrogens (primary N) is 1. The van der Waals surface area contributed by atoms with Gasteiger partial charge in [0.25, 0.3) is 0 Å². The van der Waals surface area contributed by atoms with Crippen LogP contribution in [0.2, 0.25) is 0 Å². The van der Waals surface area contributed by atoms with E-state index in [1.165, 1.54) is 5.56 Å². The number of benzene rings is 1. The molecule has 0 aliphatic carbocycles. The molecule has 0 atom stereocenters. The molecule has 0 saturated heterocycles. The van der Waals surface area contributed by atoms with Gasteiger partial charge in [-0.05, 0) is 36.7 Å². The zero-order chi connectivity index (χ0) is 12.8. The summed E-state index contributed by atoms with van der Waals surface area (Å²) in [4.78, 5) is 4.06. The lowest BCUT2D eigenvalue weighted by Crippen LogP contribution is -2.02. The molecular formula is C14H17N3O. The lowest BCUT2D eigenvalue weighted by Gasteiger charge is -2.08. The van der Waals surface area contributed by atoms with Crippen LogP contribution in [-0.4, -0.2) is 18.6 Å². The maximum atomic E-state index is 5.52. The maximum Gasteiger partial charge on any atom is 0.214 e.